The number of carbonyl (C=O) groups excluding carboxylic acids is 4. The van der Waals surface area contributed by atoms with Crippen molar-refractivity contribution in [3.63, 3.8) is 0 Å². The Balaban J connectivity index is 2.43. The summed E-state index contributed by atoms with van der Waals surface area (Å²) >= 11 is 0. The molecule has 1 aromatic heterocycles. The summed E-state index contributed by atoms with van der Waals surface area (Å²) in [6.45, 7) is 26.3. The number of nitrogens with zero attached hydrogens (tertiary/aromatic N) is 4. The van der Waals surface area contributed by atoms with Crippen LogP contribution in [-0.2, 0) is 35.0 Å². The normalized spacial score (nSPS) is 16.3. The lowest BCUT2D eigenvalue weighted by Gasteiger charge is -2.34. The minimum Gasteiger partial charge on any atom is -0.467 e. The molecule has 0 bridgehead atoms. The number of oxazole rings is 1. The highest BCUT2D eigenvalue weighted by Crippen LogP contribution is 2.31. The number of nitrogens with one attached hydrogen (secondary N) is 2. The van der Waals surface area contributed by atoms with Gasteiger partial charge in [-0.15, -0.1) is 0 Å². The first-order valence-electron chi connectivity index (χ1n) is 18.3. The highest BCUT2D eigenvalue weighted by atomic mass is 16.6. The van der Waals surface area contributed by atoms with E-state index in [1.807, 2.05) is 59.8 Å². The lowest BCUT2D eigenvalue weighted by atomic mass is 9.83. The van der Waals surface area contributed by atoms with Crippen LogP contribution in [0.3, 0.4) is 0 Å². The summed E-state index contributed by atoms with van der Waals surface area (Å²) in [4.78, 5) is 61.4. The van der Waals surface area contributed by atoms with Gasteiger partial charge in [-0.3, -0.25) is 29.3 Å². The Morgan fingerprint density at radius 2 is 1.85 bits per heavy atom. The monoisotopic (exact) mass is 754 g/mol. The predicted molar refractivity (Wildman–Crippen MR) is 209 cm³/mol. The fourth-order valence-corrected chi connectivity index (χ4v) is 5.81. The number of allylic oxidation sites excluding steroid dienone is 6. The molecule has 1 saturated heterocycles. The number of amides is 3. The summed E-state index contributed by atoms with van der Waals surface area (Å²) in [5.74, 6) is -0.448. The lowest BCUT2D eigenvalue weighted by molar-refractivity contribution is -0.141. The zero-order valence-corrected chi connectivity index (χ0v) is 34.1. The molecule has 1 unspecified atom stereocenters. The van der Waals surface area contributed by atoms with Crippen LogP contribution in [0.25, 0.3) is 5.57 Å². The van der Waals surface area contributed by atoms with Gasteiger partial charge in [-0.05, 0) is 95.4 Å². The number of carbonyl (C=O) groups is 4. The number of hydrogen-bond donors (Lipinski definition) is 2. The number of aromatic nitrogens is 1. The van der Waals surface area contributed by atoms with E-state index in [4.69, 9.17) is 18.6 Å². The van der Waals surface area contributed by atoms with Crippen molar-refractivity contribution in [2.45, 2.75) is 112 Å². The van der Waals surface area contributed by atoms with E-state index in [2.05, 4.69) is 34.0 Å². The molecule has 14 heteroatoms. The molecule has 1 aliphatic heterocycles. The number of hydrazine groups is 1. The molecule has 54 heavy (non-hydrogen) atoms. The predicted octanol–water partition coefficient (Wildman–Crippen LogP) is 5.82. The fourth-order valence-electron chi connectivity index (χ4n) is 5.81. The Kier molecular flexibility index (Phi) is 17.5. The van der Waals surface area contributed by atoms with Gasteiger partial charge in [-0.25, -0.2) is 15.2 Å². The van der Waals surface area contributed by atoms with E-state index in [1.54, 1.807) is 34.1 Å². The Bertz CT molecular complexity index is 1560. The number of hydrogen-bond acceptors (Lipinski definition) is 11. The molecule has 0 aliphatic carbocycles. The van der Waals surface area contributed by atoms with Gasteiger partial charge < -0.3 is 23.9 Å². The molecule has 0 radical (unpaired) electrons. The minimum absolute atomic E-state index is 0.0339. The first-order valence-corrected chi connectivity index (χ1v) is 18.3. The molecular formula is C40H62N6O8. The number of likely N-dealkylation sites (N-methyl/N-ethyl adjacent to an activating group) is 1. The fraction of sp³-hybridized carbons (Fsp3) is 0.600. The summed E-state index contributed by atoms with van der Waals surface area (Å²) in [6.07, 6.45) is 8.45. The average Bonchev–Trinajstić information content (AvgIpc) is 3.58. The average molecular weight is 755 g/mol. The highest BCUT2D eigenvalue weighted by molar-refractivity contribution is 5.91. The summed E-state index contributed by atoms with van der Waals surface area (Å²) in [7, 11) is 3.10. The third kappa shape index (κ3) is 14.3. The molecule has 14 nitrogen and oxygen atoms in total. The van der Waals surface area contributed by atoms with Crippen molar-refractivity contribution in [1.82, 2.24) is 25.6 Å². The summed E-state index contributed by atoms with van der Waals surface area (Å²) in [5.41, 5.74) is 4.84. The van der Waals surface area contributed by atoms with Crippen LogP contribution in [0.1, 0.15) is 93.2 Å². The van der Waals surface area contributed by atoms with E-state index in [0.717, 1.165) is 18.4 Å². The van der Waals surface area contributed by atoms with Crippen LogP contribution in [0, 0.1) is 11.3 Å². The molecule has 2 N–H and O–H groups in total. The second-order valence-electron chi connectivity index (χ2n) is 15.7. The van der Waals surface area contributed by atoms with Gasteiger partial charge in [0.2, 0.25) is 5.91 Å². The molecule has 1 aliphatic rings. The van der Waals surface area contributed by atoms with Gasteiger partial charge in [0, 0.05) is 32.7 Å². The van der Waals surface area contributed by atoms with Crippen LogP contribution in [-0.4, -0.2) is 104 Å². The summed E-state index contributed by atoms with van der Waals surface area (Å²) in [5, 5.41) is 4.40. The third-order valence-electron chi connectivity index (χ3n) is 8.73. The van der Waals surface area contributed by atoms with Gasteiger partial charge in [-0.1, -0.05) is 40.3 Å². The lowest BCUT2D eigenvalue weighted by Crippen LogP contribution is -2.59. The van der Waals surface area contributed by atoms with Crippen LogP contribution in [0.2, 0.25) is 0 Å². The maximum Gasteiger partial charge on any atom is 0.410 e. The van der Waals surface area contributed by atoms with Crippen LogP contribution in [0.4, 0.5) is 4.79 Å². The van der Waals surface area contributed by atoms with E-state index in [-0.39, 0.29) is 36.8 Å². The third-order valence-corrected chi connectivity index (χ3v) is 8.73. The van der Waals surface area contributed by atoms with E-state index < -0.39 is 35.1 Å². The Morgan fingerprint density at radius 3 is 2.41 bits per heavy atom. The van der Waals surface area contributed by atoms with Crippen molar-refractivity contribution in [2.75, 3.05) is 33.9 Å². The molecule has 300 valence electrons. The van der Waals surface area contributed by atoms with E-state index in [9.17, 15) is 19.2 Å². The van der Waals surface area contributed by atoms with Crippen molar-refractivity contribution < 1.29 is 37.8 Å². The first-order chi connectivity index (χ1) is 25.2. The van der Waals surface area contributed by atoms with Gasteiger partial charge >= 0.3 is 6.09 Å². The summed E-state index contributed by atoms with van der Waals surface area (Å²) < 4.78 is 22.2. The Labute approximate surface area is 321 Å². The maximum atomic E-state index is 13.8. The molecule has 1 fully saturated rings. The quantitative estimate of drug-likeness (QED) is 0.100. The number of aliphatic imine (C=N–C) groups is 1. The first kappa shape index (κ1) is 45.6. The maximum absolute atomic E-state index is 13.8. The molecule has 2 rings (SSSR count). The van der Waals surface area contributed by atoms with Crippen LogP contribution >= 0.6 is 0 Å². The minimum atomic E-state index is -1.04. The smallest absolute Gasteiger partial charge is 0.410 e. The summed E-state index contributed by atoms with van der Waals surface area (Å²) in [6, 6.07) is -1.95. The molecule has 3 atom stereocenters. The molecule has 0 aromatic carbocycles. The van der Waals surface area contributed by atoms with Crippen LogP contribution in [0.5, 0.6) is 0 Å². The Morgan fingerprint density at radius 1 is 1.17 bits per heavy atom. The van der Waals surface area contributed by atoms with Crippen molar-refractivity contribution in [2.24, 2.45) is 16.3 Å². The molecule has 0 spiro atoms. The molecule has 3 amide bonds. The highest BCUT2D eigenvalue weighted by Gasteiger charge is 2.36. The molecule has 1 aromatic rings. The largest absolute Gasteiger partial charge is 0.467 e. The van der Waals surface area contributed by atoms with Crippen LogP contribution < -0.4 is 10.7 Å². The van der Waals surface area contributed by atoms with Crippen molar-refractivity contribution in [3.05, 3.63) is 59.5 Å². The van der Waals surface area contributed by atoms with Gasteiger partial charge in [0.25, 0.3) is 12.4 Å². The van der Waals surface area contributed by atoms with Crippen molar-refractivity contribution in [3.8, 4) is 0 Å². The van der Waals surface area contributed by atoms with Crippen molar-refractivity contribution in [1.29, 1.82) is 0 Å². The molecular weight excluding hydrogens is 692 g/mol. The van der Waals surface area contributed by atoms with E-state index in [1.165, 1.54) is 17.0 Å². The number of ether oxygens (including phenoxy) is 3. The van der Waals surface area contributed by atoms with Crippen molar-refractivity contribution >= 4 is 36.7 Å². The topological polar surface area (TPSA) is 165 Å². The SMILES string of the molecule is C=N/C(=C/C=C(\CC(C)(C)COC=O)C(=C)/C=C(\C)c1cnc(C[C@H](NC(=O)C(C(C)C)N(C)C(=O)OC(C)(C)C)C(=O)N2CCCCN2)o1)[C@H](C)OC. The van der Waals surface area contributed by atoms with Gasteiger partial charge in [0.1, 0.15) is 23.4 Å². The van der Waals surface area contributed by atoms with Gasteiger partial charge in [-0.2, -0.15) is 0 Å². The van der Waals surface area contributed by atoms with Crippen LogP contribution in [0.15, 0.2) is 57.3 Å². The molecule has 0 saturated carbocycles. The standard InChI is InChI=1S/C40H62N6O8/c1-26(2)35(45(12)38(50)54-39(6,7)8)36(48)44-32(37(49)46-19-15-14-18-43-46)21-34-42-23-33(53-34)28(4)20-27(3)30(22-40(9,10)24-52-25-47)16-17-31(41-11)29(5)51-13/h16-17,20,23,25-26,29,32,35,43H,3,11,14-15,18-19,21-22,24H2,1-2,4-10,12-13H3,(H,44,48)/b28-20+,30-16+,31-17+/t29-,32-,35?/m0/s1. The zero-order chi connectivity index (χ0) is 40.8. The second kappa shape index (κ2) is 20.8. The number of rotatable bonds is 19. The number of methoxy groups -OCH3 is 1. The van der Waals surface area contributed by atoms with Gasteiger partial charge in [0.05, 0.1) is 31.0 Å². The van der Waals surface area contributed by atoms with Gasteiger partial charge in [0.15, 0.2) is 5.89 Å². The van der Waals surface area contributed by atoms with E-state index >= 15 is 0 Å². The van der Waals surface area contributed by atoms with E-state index in [0.29, 0.717) is 48.6 Å². The zero-order valence-electron chi connectivity index (χ0n) is 34.1. The molecule has 2 heterocycles. The Hall–Kier alpha value is -4.56. The second-order valence-corrected chi connectivity index (χ2v) is 15.7.